The molecule has 0 saturated carbocycles. The number of hydrogen-bond donors (Lipinski definition) is 7. The largest absolute Gasteiger partial charge is 0.457 e. The Bertz CT molecular complexity index is 5110. The van der Waals surface area contributed by atoms with Crippen molar-refractivity contribution in [2.45, 2.75) is 0 Å². The van der Waals surface area contributed by atoms with Crippen molar-refractivity contribution in [3.8, 4) is 96.3 Å². The number of thiazole rings is 1. The molecular weight excluding hydrogens is 1530 g/mol. The third kappa shape index (κ3) is 19.3. The van der Waals surface area contributed by atoms with E-state index in [-0.39, 0.29) is 0 Å². The van der Waals surface area contributed by atoms with Gasteiger partial charge in [-0.15, -0.1) is 11.3 Å². The molecule has 0 amide bonds. The SMILES string of the molecule is Cn1cccc1-c1n[nH]c(=S)s1.S=c1[nH]nc(-c2ccc(Oc3ccccc3)cc2)s1.S=c1[nH]nc(-c2ccc[nH]2)s1.S=c1[nH]nc(-c2cnc(-c3ccccc3)s2)s1.S=c1[nH]nc(-c2cncc(Br)c2)s1.S=c1[nH]nc(-c2csnc2-c2c(Cl)cccc2Cl)s1. The first-order valence-corrected chi connectivity index (χ1v) is 36.2. The van der Waals surface area contributed by atoms with Crippen molar-refractivity contribution in [2.24, 2.45) is 7.05 Å². The average Bonchev–Trinajstić information content (AvgIpc) is 2.35. The fourth-order valence-corrected chi connectivity index (χ4v) is 15.5. The molecule has 0 saturated heterocycles. The molecule has 0 radical (unpaired) electrons. The molecule has 15 rings (SSSR count). The Kier molecular flexibility index (Phi) is 24.6. The van der Waals surface area contributed by atoms with Gasteiger partial charge in [-0.2, -0.15) is 35.0 Å². The summed E-state index contributed by atoms with van der Waals surface area (Å²) in [5.41, 5.74) is 7.56. The van der Waals surface area contributed by atoms with Gasteiger partial charge in [0.05, 0.1) is 37.6 Å². The van der Waals surface area contributed by atoms with Crippen molar-refractivity contribution < 1.29 is 4.74 Å². The number of nitrogens with zero attached hydrogens (tertiary/aromatic N) is 10. The fraction of sp³-hybridized carbons (Fsp3) is 0.0179. The summed E-state index contributed by atoms with van der Waals surface area (Å²) < 4.78 is 17.2. The number of halogens is 3. The number of nitrogens with one attached hydrogen (secondary N) is 7. The average molecular weight is 1560 g/mol. The minimum Gasteiger partial charge on any atom is -0.457 e. The van der Waals surface area contributed by atoms with Crippen LogP contribution >= 0.6 is 203 Å². The van der Waals surface area contributed by atoms with Crippen LogP contribution in [0.15, 0.2) is 174 Å². The monoisotopic (exact) mass is 1560 g/mol. The maximum atomic E-state index is 6.22. The summed E-state index contributed by atoms with van der Waals surface area (Å²) in [6, 6.07) is 42.8. The van der Waals surface area contributed by atoms with Gasteiger partial charge >= 0.3 is 0 Å². The molecular formula is C56H38BrCl2N17OS14. The Labute approximate surface area is 597 Å². The van der Waals surface area contributed by atoms with E-state index in [2.05, 4.69) is 109 Å². The highest BCUT2D eigenvalue weighted by atomic mass is 79.9. The molecule has 15 aromatic rings. The van der Waals surface area contributed by atoms with Gasteiger partial charge in [0.2, 0.25) is 0 Å². The van der Waals surface area contributed by atoms with E-state index in [0.717, 1.165) is 101 Å². The van der Waals surface area contributed by atoms with Gasteiger partial charge in [0, 0.05) is 70.1 Å². The molecule has 4 aromatic carbocycles. The van der Waals surface area contributed by atoms with Gasteiger partial charge in [-0.05, 0) is 180 Å². The van der Waals surface area contributed by atoms with Crippen LogP contribution in [0.1, 0.15) is 0 Å². The number of H-pyrrole nitrogens is 7. The lowest BCUT2D eigenvalue weighted by molar-refractivity contribution is 0.483. The third-order valence-corrected chi connectivity index (χ3v) is 21.0. The highest BCUT2D eigenvalue weighted by molar-refractivity contribution is 9.10. The van der Waals surface area contributed by atoms with Gasteiger partial charge in [-0.1, -0.05) is 146 Å². The second-order valence-corrected chi connectivity index (χ2v) is 30.9. The zero-order valence-electron chi connectivity index (χ0n) is 45.9. The minimum atomic E-state index is 0.568. The Morgan fingerprint density at radius 2 is 1.01 bits per heavy atom. The number of pyridine rings is 1. The van der Waals surface area contributed by atoms with Crippen molar-refractivity contribution in [1.29, 1.82) is 0 Å². The highest BCUT2D eigenvalue weighted by Gasteiger charge is 2.19. The molecule has 0 atom stereocenters. The number of rotatable bonds is 10. The van der Waals surface area contributed by atoms with E-state index in [4.69, 9.17) is 101 Å². The second-order valence-electron chi connectivity index (χ2n) is 17.5. The zero-order chi connectivity index (χ0) is 63.6. The van der Waals surface area contributed by atoms with Crippen LogP contribution < -0.4 is 4.74 Å². The van der Waals surface area contributed by atoms with E-state index in [1.54, 1.807) is 41.9 Å². The van der Waals surface area contributed by atoms with Gasteiger partial charge in [0.1, 0.15) is 31.5 Å². The van der Waals surface area contributed by atoms with Crippen LogP contribution in [0.25, 0.3) is 84.8 Å². The molecule has 458 valence electrons. The first-order valence-electron chi connectivity index (χ1n) is 25.6. The van der Waals surface area contributed by atoms with Crippen LogP contribution in [0.4, 0.5) is 0 Å². The van der Waals surface area contributed by atoms with Crippen molar-refractivity contribution in [3.05, 3.63) is 208 Å². The summed E-state index contributed by atoms with van der Waals surface area (Å²) in [6.07, 6.45) is 9.18. The van der Waals surface area contributed by atoms with Crippen molar-refractivity contribution >= 4 is 203 Å². The molecule has 0 unspecified atom stereocenters. The number of para-hydroxylation sites is 1. The number of ether oxygens (including phenoxy) is 1. The molecule has 0 aliphatic rings. The van der Waals surface area contributed by atoms with Crippen LogP contribution in [0, 0.1) is 23.7 Å². The molecule has 0 spiro atoms. The summed E-state index contributed by atoms with van der Waals surface area (Å²) in [7, 11) is 1.99. The summed E-state index contributed by atoms with van der Waals surface area (Å²) >= 11 is 57.3. The van der Waals surface area contributed by atoms with Crippen molar-refractivity contribution in [3.63, 3.8) is 0 Å². The zero-order valence-corrected chi connectivity index (χ0v) is 60.4. The Morgan fingerprint density at radius 1 is 0.484 bits per heavy atom. The standard InChI is InChI=1S/C14H10N2OS2.C11H5Cl2N3S3.C11H7N3S3.C7H4BrN3S2.C7H7N3S2.C6H5N3S2/c18-14-16-15-13(19-14)10-6-8-12(9-7-10)17-11-4-2-1-3-5-11;12-6-2-1-3-7(13)8(6)9-5(4-18-16-9)10-14-15-11(17)19-10;15-11-14-13-10(17-11)8-6-12-9(16-8)7-4-2-1-3-5-7;8-5-1-4(2-9-3-5)6-10-11-7(12)13-6;1-10-4-2-3-5(10)6-8-9-7(11)12-6;10-6-9-8-5(11-6)4-2-1-3-7-4/h1-9H,(H,16,18);1-4H,(H,15,17);1-6H,(H,14,15);1-3H,(H,11,12);2-4H,1H3,(H,9,11);1-3,7H,(H,9,10). The van der Waals surface area contributed by atoms with E-state index in [1.807, 2.05) is 139 Å². The first-order chi connectivity index (χ1) is 44.2. The maximum absolute atomic E-state index is 6.22. The van der Waals surface area contributed by atoms with E-state index < -0.39 is 0 Å². The molecule has 0 fully saturated rings. The molecule has 11 heterocycles. The predicted octanol–water partition coefficient (Wildman–Crippen LogP) is 21.4. The normalized spacial score (nSPS) is 10.5. The number of aryl methyl sites for hydroxylation is 1. The quantitative estimate of drug-likeness (QED) is 0.0630. The molecule has 0 bridgehead atoms. The molecule has 11 aromatic heterocycles. The molecule has 18 nitrogen and oxygen atoms in total. The predicted molar refractivity (Wildman–Crippen MR) is 394 cm³/mol. The van der Waals surface area contributed by atoms with E-state index in [1.165, 1.54) is 79.6 Å². The second kappa shape index (κ2) is 33.3. The number of benzene rings is 4. The number of aromatic nitrogens is 17. The van der Waals surface area contributed by atoms with E-state index in [9.17, 15) is 0 Å². The van der Waals surface area contributed by atoms with Crippen LogP contribution in [0.3, 0.4) is 0 Å². The lowest BCUT2D eigenvalue weighted by atomic mass is 10.1. The maximum Gasteiger partial charge on any atom is 0.176 e. The molecule has 91 heavy (non-hydrogen) atoms. The summed E-state index contributed by atoms with van der Waals surface area (Å²) in [6.45, 7) is 0. The van der Waals surface area contributed by atoms with Crippen LogP contribution in [-0.2, 0) is 7.05 Å². The van der Waals surface area contributed by atoms with Gasteiger partial charge < -0.3 is 14.3 Å². The Hall–Kier alpha value is -6.61. The molecule has 0 aliphatic carbocycles. The van der Waals surface area contributed by atoms with Crippen LogP contribution in [0.2, 0.25) is 10.0 Å². The molecule has 35 heteroatoms. The van der Waals surface area contributed by atoms with E-state index >= 15 is 0 Å². The summed E-state index contributed by atoms with van der Waals surface area (Å²) in [5.74, 6) is 1.62. The number of hydrogen-bond acceptors (Lipinski definition) is 24. The van der Waals surface area contributed by atoms with Gasteiger partial charge in [-0.25, -0.2) is 4.98 Å². The third-order valence-electron chi connectivity index (χ3n) is 11.4. The minimum absolute atomic E-state index is 0.568. The summed E-state index contributed by atoms with van der Waals surface area (Å²) in [5, 5.41) is 50.5. The van der Waals surface area contributed by atoms with Crippen molar-refractivity contribution in [2.75, 3.05) is 0 Å². The van der Waals surface area contributed by atoms with Crippen LogP contribution in [-0.4, -0.2) is 85.1 Å². The van der Waals surface area contributed by atoms with Crippen molar-refractivity contribution in [1.82, 2.24) is 85.1 Å². The lowest BCUT2D eigenvalue weighted by Crippen LogP contribution is -1.87. The Morgan fingerprint density at radius 3 is 1.55 bits per heavy atom. The van der Waals surface area contributed by atoms with Gasteiger partial charge in [0.15, 0.2) is 38.7 Å². The highest BCUT2D eigenvalue weighted by Crippen LogP contribution is 2.41. The van der Waals surface area contributed by atoms with Gasteiger partial charge in [-0.3, -0.25) is 35.6 Å². The summed E-state index contributed by atoms with van der Waals surface area (Å²) in [4.78, 5) is 12.5. The Balaban J connectivity index is 0.000000121. The lowest BCUT2D eigenvalue weighted by Gasteiger charge is -2.05. The first kappa shape index (κ1) is 67.3. The van der Waals surface area contributed by atoms with Crippen LogP contribution in [0.5, 0.6) is 11.5 Å². The smallest absolute Gasteiger partial charge is 0.176 e. The number of aromatic amines is 7. The topological polar surface area (TPSA) is 241 Å². The van der Waals surface area contributed by atoms with E-state index in [0.29, 0.717) is 33.8 Å². The van der Waals surface area contributed by atoms with Gasteiger partial charge in [0.25, 0.3) is 0 Å². The fourth-order valence-electron chi connectivity index (χ4n) is 7.42. The molecule has 0 aliphatic heterocycles. The molecule has 7 N–H and O–H groups in total.